The van der Waals surface area contributed by atoms with Gasteiger partial charge in [0.05, 0.1) is 18.1 Å². The highest BCUT2D eigenvalue weighted by Gasteiger charge is 2.23. The van der Waals surface area contributed by atoms with Crippen molar-refractivity contribution in [1.29, 1.82) is 0 Å². The van der Waals surface area contributed by atoms with E-state index in [2.05, 4.69) is 4.72 Å². The normalized spacial score (nSPS) is 23.0. The van der Waals surface area contributed by atoms with Crippen molar-refractivity contribution in [1.82, 2.24) is 4.72 Å². The summed E-state index contributed by atoms with van der Waals surface area (Å²) in [6.45, 7) is 2.19. The Balaban J connectivity index is 2.02. The molecule has 0 amide bonds. The Morgan fingerprint density at radius 2 is 2.14 bits per heavy atom. The van der Waals surface area contributed by atoms with Crippen LogP contribution in [0.1, 0.15) is 31.2 Å². The van der Waals surface area contributed by atoms with Crippen molar-refractivity contribution in [3.8, 4) is 5.75 Å². The maximum absolute atomic E-state index is 12.3. The standard InChI is InChI=1S/C15H23NO4S/c1-11-8-14(6-7-15(11)20-2)21(18,19)16-10-12-4-3-5-13(17)9-12/h6-8,12-13,16-17H,3-5,9-10H2,1-2H3. The highest BCUT2D eigenvalue weighted by molar-refractivity contribution is 7.89. The minimum Gasteiger partial charge on any atom is -0.496 e. The average Bonchev–Trinajstić information content (AvgIpc) is 2.45. The molecule has 118 valence electrons. The van der Waals surface area contributed by atoms with Crippen molar-refractivity contribution < 1.29 is 18.3 Å². The van der Waals surface area contributed by atoms with Crippen LogP contribution in [0.4, 0.5) is 0 Å². The third kappa shape index (κ3) is 4.18. The quantitative estimate of drug-likeness (QED) is 0.869. The molecular weight excluding hydrogens is 290 g/mol. The third-order valence-corrected chi connectivity index (χ3v) is 5.42. The van der Waals surface area contributed by atoms with Crippen LogP contribution in [0, 0.1) is 12.8 Å². The summed E-state index contributed by atoms with van der Waals surface area (Å²) in [5, 5.41) is 9.63. The zero-order valence-corrected chi connectivity index (χ0v) is 13.3. The van der Waals surface area contributed by atoms with E-state index in [1.165, 1.54) is 0 Å². The zero-order chi connectivity index (χ0) is 15.5. The zero-order valence-electron chi connectivity index (χ0n) is 12.5. The Morgan fingerprint density at radius 3 is 2.76 bits per heavy atom. The van der Waals surface area contributed by atoms with Gasteiger partial charge in [0.25, 0.3) is 0 Å². The average molecular weight is 313 g/mol. The Hall–Kier alpha value is -1.11. The minimum absolute atomic E-state index is 0.211. The van der Waals surface area contributed by atoms with E-state index >= 15 is 0 Å². The molecule has 0 saturated heterocycles. The first-order chi connectivity index (χ1) is 9.92. The molecule has 2 N–H and O–H groups in total. The summed E-state index contributed by atoms with van der Waals surface area (Å²) in [5.74, 6) is 0.882. The van der Waals surface area contributed by atoms with Crippen LogP contribution in [0.5, 0.6) is 5.75 Å². The van der Waals surface area contributed by atoms with Crippen LogP contribution in [0.2, 0.25) is 0 Å². The molecule has 0 aliphatic heterocycles. The van der Waals surface area contributed by atoms with Crippen molar-refractivity contribution in [3.05, 3.63) is 23.8 Å². The molecule has 0 radical (unpaired) electrons. The van der Waals surface area contributed by atoms with Crippen molar-refractivity contribution in [2.75, 3.05) is 13.7 Å². The molecule has 5 nitrogen and oxygen atoms in total. The maximum atomic E-state index is 12.3. The summed E-state index contributed by atoms with van der Waals surface area (Å²) >= 11 is 0. The van der Waals surface area contributed by atoms with Gasteiger partial charge in [0.15, 0.2) is 0 Å². The van der Waals surface area contributed by atoms with E-state index in [9.17, 15) is 13.5 Å². The summed E-state index contributed by atoms with van der Waals surface area (Å²) in [7, 11) is -1.95. The van der Waals surface area contributed by atoms with Gasteiger partial charge in [-0.25, -0.2) is 13.1 Å². The maximum Gasteiger partial charge on any atom is 0.240 e. The molecule has 1 aromatic rings. The van der Waals surface area contributed by atoms with Crippen LogP contribution in [-0.2, 0) is 10.0 Å². The first kappa shape index (κ1) is 16.3. The van der Waals surface area contributed by atoms with E-state index in [-0.39, 0.29) is 16.9 Å². The van der Waals surface area contributed by atoms with Gasteiger partial charge in [-0.1, -0.05) is 6.42 Å². The highest BCUT2D eigenvalue weighted by Crippen LogP contribution is 2.25. The van der Waals surface area contributed by atoms with E-state index in [1.54, 1.807) is 25.3 Å². The van der Waals surface area contributed by atoms with Crippen molar-refractivity contribution >= 4 is 10.0 Å². The monoisotopic (exact) mass is 313 g/mol. The number of ether oxygens (including phenoxy) is 1. The molecule has 21 heavy (non-hydrogen) atoms. The molecule has 0 bridgehead atoms. The van der Waals surface area contributed by atoms with Gasteiger partial charge in [0.2, 0.25) is 10.0 Å². The number of hydrogen-bond acceptors (Lipinski definition) is 4. The minimum atomic E-state index is -3.51. The van der Waals surface area contributed by atoms with Gasteiger partial charge < -0.3 is 9.84 Å². The number of aryl methyl sites for hydroxylation is 1. The molecule has 1 fully saturated rings. The van der Waals surface area contributed by atoms with Crippen LogP contribution in [0.15, 0.2) is 23.1 Å². The number of hydrogen-bond donors (Lipinski definition) is 2. The molecule has 1 aliphatic rings. The van der Waals surface area contributed by atoms with Gasteiger partial charge >= 0.3 is 0 Å². The van der Waals surface area contributed by atoms with E-state index in [0.717, 1.165) is 24.8 Å². The number of sulfonamides is 1. The number of rotatable bonds is 5. The number of benzene rings is 1. The van der Waals surface area contributed by atoms with E-state index in [0.29, 0.717) is 18.7 Å². The van der Waals surface area contributed by atoms with Crippen molar-refractivity contribution in [3.63, 3.8) is 0 Å². The molecule has 1 saturated carbocycles. The molecule has 0 heterocycles. The van der Waals surface area contributed by atoms with Crippen LogP contribution >= 0.6 is 0 Å². The number of aliphatic hydroxyl groups is 1. The summed E-state index contributed by atoms with van der Waals surface area (Å²) in [4.78, 5) is 0.247. The first-order valence-corrected chi connectivity index (χ1v) is 8.73. The second kappa shape index (κ2) is 6.77. The predicted octanol–water partition coefficient (Wildman–Crippen LogP) is 1.83. The van der Waals surface area contributed by atoms with Crippen LogP contribution in [-0.4, -0.2) is 33.3 Å². The largest absolute Gasteiger partial charge is 0.496 e. The van der Waals surface area contributed by atoms with Crippen LogP contribution in [0.3, 0.4) is 0 Å². The van der Waals surface area contributed by atoms with Gasteiger partial charge in [0, 0.05) is 6.54 Å². The van der Waals surface area contributed by atoms with Gasteiger partial charge in [-0.2, -0.15) is 0 Å². The smallest absolute Gasteiger partial charge is 0.240 e. The van der Waals surface area contributed by atoms with Gasteiger partial charge in [-0.15, -0.1) is 0 Å². The molecular formula is C15H23NO4S. The molecule has 2 rings (SSSR count). The van der Waals surface area contributed by atoms with E-state index < -0.39 is 10.0 Å². The summed E-state index contributed by atoms with van der Waals surface area (Å²) in [5.41, 5.74) is 0.786. The number of methoxy groups -OCH3 is 1. The van der Waals surface area contributed by atoms with Gasteiger partial charge in [0.1, 0.15) is 5.75 Å². The van der Waals surface area contributed by atoms with E-state index in [1.807, 2.05) is 6.92 Å². The fourth-order valence-corrected chi connectivity index (χ4v) is 3.98. The molecule has 6 heteroatoms. The molecule has 2 atom stereocenters. The number of nitrogens with one attached hydrogen (secondary N) is 1. The lowest BCUT2D eigenvalue weighted by Crippen LogP contribution is -2.33. The highest BCUT2D eigenvalue weighted by atomic mass is 32.2. The Labute approximate surface area is 126 Å². The number of aliphatic hydroxyl groups excluding tert-OH is 1. The Bertz CT molecular complexity index is 585. The molecule has 1 aromatic carbocycles. The molecule has 2 unspecified atom stereocenters. The lowest BCUT2D eigenvalue weighted by atomic mass is 9.87. The van der Waals surface area contributed by atoms with Crippen molar-refractivity contribution in [2.24, 2.45) is 5.92 Å². The predicted molar refractivity (Wildman–Crippen MR) is 80.9 cm³/mol. The second-order valence-electron chi connectivity index (χ2n) is 5.67. The summed E-state index contributed by atoms with van der Waals surface area (Å²) in [6, 6.07) is 4.81. The molecule has 1 aliphatic carbocycles. The molecule has 0 spiro atoms. The summed E-state index contributed by atoms with van der Waals surface area (Å²) in [6.07, 6.45) is 3.11. The second-order valence-corrected chi connectivity index (χ2v) is 7.44. The Morgan fingerprint density at radius 1 is 1.38 bits per heavy atom. The van der Waals surface area contributed by atoms with Gasteiger partial charge in [-0.05, 0) is 55.9 Å². The fraction of sp³-hybridized carbons (Fsp3) is 0.600. The first-order valence-electron chi connectivity index (χ1n) is 7.24. The lowest BCUT2D eigenvalue weighted by Gasteiger charge is -2.25. The third-order valence-electron chi connectivity index (χ3n) is 3.99. The lowest BCUT2D eigenvalue weighted by molar-refractivity contribution is 0.102. The topological polar surface area (TPSA) is 75.6 Å². The van der Waals surface area contributed by atoms with Crippen LogP contribution in [0.25, 0.3) is 0 Å². The van der Waals surface area contributed by atoms with Crippen LogP contribution < -0.4 is 9.46 Å². The molecule has 0 aromatic heterocycles. The summed E-state index contributed by atoms with van der Waals surface area (Å²) < 4.78 is 32.4. The van der Waals surface area contributed by atoms with Gasteiger partial charge in [-0.3, -0.25) is 0 Å². The SMILES string of the molecule is COc1ccc(S(=O)(=O)NCC2CCCC(O)C2)cc1C. The van der Waals surface area contributed by atoms with Crippen molar-refractivity contribution in [2.45, 2.75) is 43.6 Å². The van der Waals surface area contributed by atoms with E-state index in [4.69, 9.17) is 4.74 Å². The Kier molecular flexibility index (Phi) is 5.24. The fourth-order valence-electron chi connectivity index (χ4n) is 2.78.